The van der Waals surface area contributed by atoms with Gasteiger partial charge in [-0.1, -0.05) is 0 Å². The molecule has 0 spiro atoms. The van der Waals surface area contributed by atoms with Crippen LogP contribution in [0.5, 0.6) is 0 Å². The molecule has 1 aromatic rings. The molecule has 5 nitrogen and oxygen atoms in total. The molecule has 0 aromatic carbocycles. The molecule has 1 aromatic heterocycles. The molecule has 0 aliphatic carbocycles. The van der Waals surface area contributed by atoms with Crippen LogP contribution >= 0.6 is 0 Å². The van der Waals surface area contributed by atoms with Crippen molar-refractivity contribution in [2.45, 2.75) is 32.0 Å². The molecule has 0 saturated carbocycles. The fraction of sp³-hybridized carbons (Fsp3) is 0.667. The molecule has 17 heavy (non-hydrogen) atoms. The van der Waals surface area contributed by atoms with Crippen LogP contribution in [0.3, 0.4) is 0 Å². The quantitative estimate of drug-likeness (QED) is 0.771. The molecule has 5 heteroatoms. The van der Waals surface area contributed by atoms with Gasteiger partial charge in [-0.15, -0.1) is 0 Å². The largest absolute Gasteiger partial charge is 0.379 e. The van der Waals surface area contributed by atoms with Gasteiger partial charge in [-0.05, 0) is 19.4 Å². The van der Waals surface area contributed by atoms with Gasteiger partial charge in [0.2, 0.25) is 0 Å². The molecule has 2 unspecified atom stereocenters. The Morgan fingerprint density at radius 3 is 3.29 bits per heavy atom. The van der Waals surface area contributed by atoms with Crippen molar-refractivity contribution < 1.29 is 4.74 Å². The van der Waals surface area contributed by atoms with Crippen LogP contribution in [0.25, 0.3) is 0 Å². The van der Waals surface area contributed by atoms with Gasteiger partial charge in [-0.2, -0.15) is 0 Å². The van der Waals surface area contributed by atoms with E-state index in [0.717, 1.165) is 38.4 Å². The number of nitrogens with one attached hydrogen (secondary N) is 2. The molecule has 1 aliphatic rings. The maximum Gasteiger partial charge on any atom is 0.115 e. The fourth-order valence-electron chi connectivity index (χ4n) is 1.98. The molecule has 94 valence electrons. The summed E-state index contributed by atoms with van der Waals surface area (Å²) in [4.78, 5) is 8.08. The predicted octanol–water partition coefficient (Wildman–Crippen LogP) is 0.333. The average Bonchev–Trinajstić information content (AvgIpc) is 2.39. The van der Waals surface area contributed by atoms with Crippen molar-refractivity contribution in [2.24, 2.45) is 0 Å². The smallest absolute Gasteiger partial charge is 0.115 e. The summed E-state index contributed by atoms with van der Waals surface area (Å²) in [6.45, 7) is 5.59. The van der Waals surface area contributed by atoms with Crippen molar-refractivity contribution in [3.8, 4) is 0 Å². The molecule has 0 amide bonds. The predicted molar refractivity (Wildman–Crippen MR) is 65.6 cm³/mol. The van der Waals surface area contributed by atoms with Crippen LogP contribution in [0.4, 0.5) is 0 Å². The van der Waals surface area contributed by atoms with E-state index in [2.05, 4.69) is 27.5 Å². The van der Waals surface area contributed by atoms with E-state index < -0.39 is 0 Å². The van der Waals surface area contributed by atoms with E-state index in [-0.39, 0.29) is 0 Å². The summed E-state index contributed by atoms with van der Waals surface area (Å²) in [7, 11) is 0. The summed E-state index contributed by atoms with van der Waals surface area (Å²) in [6, 6.07) is 2.85. The van der Waals surface area contributed by atoms with Crippen molar-refractivity contribution in [3.63, 3.8) is 0 Å². The lowest BCUT2D eigenvalue weighted by Crippen LogP contribution is -2.44. The first-order valence-electron chi connectivity index (χ1n) is 6.14. The van der Waals surface area contributed by atoms with Gasteiger partial charge in [0, 0.05) is 31.4 Å². The molecule has 2 atom stereocenters. The highest BCUT2D eigenvalue weighted by Crippen LogP contribution is 2.03. The Bertz CT molecular complexity index is 314. The zero-order valence-electron chi connectivity index (χ0n) is 10.2. The molecular formula is C12H20N4O. The first-order chi connectivity index (χ1) is 8.34. The van der Waals surface area contributed by atoms with Crippen molar-refractivity contribution in [1.82, 2.24) is 20.6 Å². The SMILES string of the molecule is CC(CC1COCCN1)NCc1ccncn1. The molecule has 2 rings (SSSR count). The van der Waals surface area contributed by atoms with Crippen molar-refractivity contribution in [3.05, 3.63) is 24.3 Å². The zero-order valence-corrected chi connectivity index (χ0v) is 10.2. The molecule has 1 aliphatic heterocycles. The topological polar surface area (TPSA) is 59.1 Å². The van der Waals surface area contributed by atoms with E-state index >= 15 is 0 Å². The lowest BCUT2D eigenvalue weighted by Gasteiger charge is -2.26. The van der Waals surface area contributed by atoms with Gasteiger partial charge >= 0.3 is 0 Å². The van der Waals surface area contributed by atoms with E-state index in [9.17, 15) is 0 Å². The summed E-state index contributed by atoms with van der Waals surface area (Å²) in [6.07, 6.45) is 4.43. The van der Waals surface area contributed by atoms with Crippen LogP contribution in [-0.4, -0.2) is 41.8 Å². The highest BCUT2D eigenvalue weighted by atomic mass is 16.5. The third-order valence-electron chi connectivity index (χ3n) is 2.91. The van der Waals surface area contributed by atoms with E-state index in [1.54, 1.807) is 12.5 Å². The lowest BCUT2D eigenvalue weighted by atomic mass is 10.1. The minimum Gasteiger partial charge on any atom is -0.379 e. The number of nitrogens with zero attached hydrogens (tertiary/aromatic N) is 2. The summed E-state index contributed by atoms with van der Waals surface area (Å²) >= 11 is 0. The Morgan fingerprint density at radius 2 is 2.59 bits per heavy atom. The Morgan fingerprint density at radius 1 is 1.65 bits per heavy atom. The summed E-state index contributed by atoms with van der Waals surface area (Å²) in [5, 5.41) is 6.92. The Hall–Kier alpha value is -1.04. The van der Waals surface area contributed by atoms with E-state index in [4.69, 9.17) is 4.74 Å². The second-order valence-electron chi connectivity index (χ2n) is 4.44. The number of hydrogen-bond donors (Lipinski definition) is 2. The molecule has 2 heterocycles. The number of aromatic nitrogens is 2. The third kappa shape index (κ3) is 4.38. The maximum atomic E-state index is 5.43. The Balaban J connectivity index is 1.68. The van der Waals surface area contributed by atoms with Crippen molar-refractivity contribution in [1.29, 1.82) is 0 Å². The molecule has 1 fully saturated rings. The van der Waals surface area contributed by atoms with Crippen molar-refractivity contribution >= 4 is 0 Å². The van der Waals surface area contributed by atoms with Gasteiger partial charge in [0.15, 0.2) is 0 Å². The zero-order chi connectivity index (χ0) is 11.9. The lowest BCUT2D eigenvalue weighted by molar-refractivity contribution is 0.0712. The van der Waals surface area contributed by atoms with E-state index in [1.165, 1.54) is 0 Å². The Kier molecular flexibility index (Phi) is 4.85. The van der Waals surface area contributed by atoms with Gasteiger partial charge in [0.25, 0.3) is 0 Å². The van der Waals surface area contributed by atoms with Crippen LogP contribution in [0.1, 0.15) is 19.0 Å². The molecule has 0 radical (unpaired) electrons. The van der Waals surface area contributed by atoms with Crippen LogP contribution < -0.4 is 10.6 Å². The fourth-order valence-corrected chi connectivity index (χ4v) is 1.98. The van der Waals surface area contributed by atoms with E-state index in [0.29, 0.717) is 12.1 Å². The monoisotopic (exact) mass is 236 g/mol. The summed E-state index contributed by atoms with van der Waals surface area (Å²) in [5.74, 6) is 0. The first kappa shape index (κ1) is 12.4. The number of morpholine rings is 1. The first-order valence-corrected chi connectivity index (χ1v) is 6.14. The second-order valence-corrected chi connectivity index (χ2v) is 4.44. The van der Waals surface area contributed by atoms with Crippen LogP contribution in [0, 0.1) is 0 Å². The molecular weight excluding hydrogens is 216 g/mol. The molecule has 2 N–H and O–H groups in total. The van der Waals surface area contributed by atoms with Crippen molar-refractivity contribution in [2.75, 3.05) is 19.8 Å². The van der Waals surface area contributed by atoms with Gasteiger partial charge in [-0.3, -0.25) is 0 Å². The van der Waals surface area contributed by atoms with Crippen LogP contribution in [-0.2, 0) is 11.3 Å². The van der Waals surface area contributed by atoms with Crippen LogP contribution in [0.15, 0.2) is 18.6 Å². The number of hydrogen-bond acceptors (Lipinski definition) is 5. The highest BCUT2D eigenvalue weighted by molar-refractivity contribution is 4.97. The summed E-state index contributed by atoms with van der Waals surface area (Å²) < 4.78 is 5.43. The standard InChI is InChI=1S/C12H20N4O/c1-10(6-12-8-17-5-4-14-12)15-7-11-2-3-13-9-16-11/h2-3,9-10,12,14-15H,4-8H2,1H3. The van der Waals surface area contributed by atoms with Gasteiger partial charge in [-0.25, -0.2) is 9.97 Å². The highest BCUT2D eigenvalue weighted by Gasteiger charge is 2.15. The maximum absolute atomic E-state index is 5.43. The van der Waals surface area contributed by atoms with E-state index in [1.807, 2.05) is 6.07 Å². The van der Waals surface area contributed by atoms with Gasteiger partial charge < -0.3 is 15.4 Å². The normalized spacial score (nSPS) is 22.3. The minimum absolute atomic E-state index is 0.448. The third-order valence-corrected chi connectivity index (χ3v) is 2.91. The summed E-state index contributed by atoms with van der Waals surface area (Å²) in [5.41, 5.74) is 1.03. The average molecular weight is 236 g/mol. The number of rotatable bonds is 5. The molecule has 0 bridgehead atoms. The van der Waals surface area contributed by atoms with Gasteiger partial charge in [0.05, 0.1) is 18.9 Å². The Labute approximate surface area is 102 Å². The number of ether oxygens (including phenoxy) is 1. The van der Waals surface area contributed by atoms with Gasteiger partial charge in [0.1, 0.15) is 6.33 Å². The second kappa shape index (κ2) is 6.64. The van der Waals surface area contributed by atoms with Crippen LogP contribution in [0.2, 0.25) is 0 Å². The minimum atomic E-state index is 0.448. The molecule has 1 saturated heterocycles.